The number of aliphatic hydroxyl groups excluding tert-OH is 1. The van der Waals surface area contributed by atoms with Crippen molar-refractivity contribution >= 4 is 39.6 Å². The summed E-state index contributed by atoms with van der Waals surface area (Å²) in [6.07, 6.45) is 5.69. The van der Waals surface area contributed by atoms with Crippen molar-refractivity contribution in [2.24, 2.45) is 0 Å². The third kappa shape index (κ3) is 6.84. The minimum atomic E-state index is 0. The Bertz CT molecular complexity index is 400. The van der Waals surface area contributed by atoms with Crippen LogP contribution in [0.3, 0.4) is 0 Å². The predicted octanol–water partition coefficient (Wildman–Crippen LogP) is 3.87. The number of ether oxygens (including phenoxy) is 1. The zero-order chi connectivity index (χ0) is 14.2. The Morgan fingerprint density at radius 3 is 2.57 bits per heavy atom. The number of hydrogen-bond acceptors (Lipinski definition) is 3. The average molecular weight is 470 g/mol. The SMILES string of the molecule is Br.OCC[C@@H](CCCN1CCCC1)Oc1ccccc1I. The summed E-state index contributed by atoms with van der Waals surface area (Å²) in [4.78, 5) is 2.53. The van der Waals surface area contributed by atoms with Gasteiger partial charge in [0, 0.05) is 13.0 Å². The largest absolute Gasteiger partial charge is 0.489 e. The van der Waals surface area contributed by atoms with Gasteiger partial charge in [-0.05, 0) is 80.0 Å². The molecule has 0 unspecified atom stereocenters. The average Bonchev–Trinajstić information content (AvgIpc) is 2.95. The first-order chi connectivity index (χ1) is 9.79. The summed E-state index contributed by atoms with van der Waals surface area (Å²) >= 11 is 2.29. The topological polar surface area (TPSA) is 32.7 Å². The van der Waals surface area contributed by atoms with Crippen LogP contribution in [0.25, 0.3) is 0 Å². The molecule has 0 saturated carbocycles. The van der Waals surface area contributed by atoms with E-state index in [1.807, 2.05) is 18.2 Å². The Balaban J connectivity index is 0.00000220. The Morgan fingerprint density at radius 1 is 1.19 bits per heavy atom. The van der Waals surface area contributed by atoms with Crippen LogP contribution < -0.4 is 4.74 Å². The highest BCUT2D eigenvalue weighted by Gasteiger charge is 2.14. The molecule has 0 aromatic heterocycles. The van der Waals surface area contributed by atoms with Crippen molar-refractivity contribution in [2.45, 2.75) is 38.2 Å². The summed E-state index contributed by atoms with van der Waals surface area (Å²) in [6, 6.07) is 8.07. The van der Waals surface area contributed by atoms with Gasteiger partial charge in [0.05, 0.1) is 3.57 Å². The Morgan fingerprint density at radius 2 is 1.90 bits per heavy atom. The van der Waals surface area contributed by atoms with Crippen molar-refractivity contribution < 1.29 is 9.84 Å². The third-order valence-corrected chi connectivity index (χ3v) is 4.67. The van der Waals surface area contributed by atoms with Crippen molar-refractivity contribution in [1.29, 1.82) is 0 Å². The number of aliphatic hydroxyl groups is 1. The molecule has 0 radical (unpaired) electrons. The van der Waals surface area contributed by atoms with Gasteiger partial charge >= 0.3 is 0 Å². The number of nitrogens with zero attached hydrogens (tertiary/aromatic N) is 1. The van der Waals surface area contributed by atoms with Crippen LogP contribution in [0.4, 0.5) is 0 Å². The first-order valence-electron chi connectivity index (χ1n) is 7.54. The van der Waals surface area contributed by atoms with Gasteiger partial charge in [-0.3, -0.25) is 0 Å². The lowest BCUT2D eigenvalue weighted by Gasteiger charge is -2.21. The monoisotopic (exact) mass is 469 g/mol. The van der Waals surface area contributed by atoms with Crippen LogP contribution in [0.1, 0.15) is 32.1 Å². The van der Waals surface area contributed by atoms with Gasteiger partial charge in [0.2, 0.25) is 0 Å². The molecule has 1 atom stereocenters. The van der Waals surface area contributed by atoms with E-state index >= 15 is 0 Å². The lowest BCUT2D eigenvalue weighted by Crippen LogP contribution is -2.24. The molecule has 1 N–H and O–H groups in total. The van der Waals surface area contributed by atoms with Gasteiger partial charge in [-0.15, -0.1) is 17.0 Å². The van der Waals surface area contributed by atoms with E-state index in [4.69, 9.17) is 4.74 Å². The number of benzene rings is 1. The molecular formula is C16H25BrINO2. The standard InChI is InChI=1S/C16H24INO2.BrH/c17-15-7-1-2-8-16(15)20-14(9-13-19)6-5-12-18-10-3-4-11-18;/h1-2,7-8,14,19H,3-6,9-13H2;1H/t14-;/m1./s1. The maximum Gasteiger partial charge on any atom is 0.133 e. The van der Waals surface area contributed by atoms with Gasteiger partial charge < -0.3 is 14.7 Å². The van der Waals surface area contributed by atoms with Crippen molar-refractivity contribution in [1.82, 2.24) is 4.90 Å². The van der Waals surface area contributed by atoms with Crippen LogP contribution in [-0.2, 0) is 0 Å². The molecule has 0 spiro atoms. The molecule has 0 bridgehead atoms. The second-order valence-corrected chi connectivity index (χ2v) is 6.54. The maximum atomic E-state index is 9.20. The molecular weight excluding hydrogens is 445 g/mol. The van der Waals surface area contributed by atoms with Crippen LogP contribution in [0, 0.1) is 3.57 Å². The van der Waals surface area contributed by atoms with E-state index < -0.39 is 0 Å². The zero-order valence-electron chi connectivity index (χ0n) is 12.3. The molecule has 21 heavy (non-hydrogen) atoms. The molecule has 1 aliphatic rings. The molecule has 1 aromatic carbocycles. The second kappa shape index (κ2) is 10.8. The first kappa shape index (κ1) is 19.2. The molecule has 1 saturated heterocycles. The highest BCUT2D eigenvalue weighted by Crippen LogP contribution is 2.23. The first-order valence-corrected chi connectivity index (χ1v) is 8.62. The van der Waals surface area contributed by atoms with E-state index in [9.17, 15) is 5.11 Å². The third-order valence-electron chi connectivity index (χ3n) is 3.78. The van der Waals surface area contributed by atoms with Crippen molar-refractivity contribution in [3.63, 3.8) is 0 Å². The quantitative estimate of drug-likeness (QED) is 0.586. The van der Waals surface area contributed by atoms with E-state index in [2.05, 4.69) is 33.6 Å². The fourth-order valence-electron chi connectivity index (χ4n) is 2.67. The number of hydrogen-bond donors (Lipinski definition) is 1. The predicted molar refractivity (Wildman–Crippen MR) is 101 cm³/mol. The molecule has 1 aromatic rings. The molecule has 1 fully saturated rings. The lowest BCUT2D eigenvalue weighted by atomic mass is 10.1. The minimum Gasteiger partial charge on any atom is -0.489 e. The zero-order valence-corrected chi connectivity index (χ0v) is 16.2. The highest BCUT2D eigenvalue weighted by atomic mass is 127. The van der Waals surface area contributed by atoms with Gasteiger partial charge in [-0.2, -0.15) is 0 Å². The van der Waals surface area contributed by atoms with E-state index in [-0.39, 0.29) is 29.7 Å². The number of rotatable bonds is 8. The van der Waals surface area contributed by atoms with Crippen LogP contribution in [0.2, 0.25) is 0 Å². The van der Waals surface area contributed by atoms with E-state index in [0.717, 1.165) is 28.7 Å². The molecule has 1 heterocycles. The minimum absolute atomic E-state index is 0. The van der Waals surface area contributed by atoms with E-state index in [0.29, 0.717) is 6.42 Å². The summed E-state index contributed by atoms with van der Waals surface area (Å²) < 4.78 is 7.20. The van der Waals surface area contributed by atoms with Crippen LogP contribution in [-0.4, -0.2) is 42.4 Å². The molecule has 5 heteroatoms. The van der Waals surface area contributed by atoms with Crippen LogP contribution in [0.15, 0.2) is 24.3 Å². The summed E-state index contributed by atoms with van der Waals surface area (Å²) in [6.45, 7) is 3.86. The number of para-hydroxylation sites is 1. The molecule has 3 nitrogen and oxygen atoms in total. The van der Waals surface area contributed by atoms with Crippen molar-refractivity contribution in [2.75, 3.05) is 26.2 Å². The van der Waals surface area contributed by atoms with Crippen molar-refractivity contribution in [3.8, 4) is 5.75 Å². The normalized spacial score (nSPS) is 16.5. The fourth-order valence-corrected chi connectivity index (χ4v) is 3.19. The van der Waals surface area contributed by atoms with Gasteiger partial charge in [0.15, 0.2) is 0 Å². The molecule has 120 valence electrons. The van der Waals surface area contributed by atoms with Gasteiger partial charge in [-0.25, -0.2) is 0 Å². The van der Waals surface area contributed by atoms with Crippen molar-refractivity contribution in [3.05, 3.63) is 27.8 Å². The van der Waals surface area contributed by atoms with Gasteiger partial charge in [0.25, 0.3) is 0 Å². The summed E-state index contributed by atoms with van der Waals surface area (Å²) in [5, 5.41) is 9.20. The van der Waals surface area contributed by atoms with Crippen LogP contribution >= 0.6 is 39.6 Å². The highest BCUT2D eigenvalue weighted by molar-refractivity contribution is 14.1. The van der Waals surface area contributed by atoms with E-state index in [1.165, 1.54) is 25.9 Å². The summed E-state index contributed by atoms with van der Waals surface area (Å²) in [5.41, 5.74) is 0. The lowest BCUT2D eigenvalue weighted by molar-refractivity contribution is 0.139. The van der Waals surface area contributed by atoms with Crippen LogP contribution in [0.5, 0.6) is 5.75 Å². The molecule has 0 amide bonds. The molecule has 2 rings (SSSR count). The summed E-state index contributed by atoms with van der Waals surface area (Å²) in [7, 11) is 0. The Kier molecular flexibility index (Phi) is 9.88. The smallest absolute Gasteiger partial charge is 0.133 e. The second-order valence-electron chi connectivity index (χ2n) is 5.37. The summed E-state index contributed by atoms with van der Waals surface area (Å²) in [5.74, 6) is 0.938. The Labute approximate surface area is 152 Å². The maximum absolute atomic E-state index is 9.20. The van der Waals surface area contributed by atoms with Gasteiger partial charge in [0.1, 0.15) is 11.9 Å². The fraction of sp³-hybridized carbons (Fsp3) is 0.625. The Hall–Kier alpha value is 0.150. The van der Waals surface area contributed by atoms with Gasteiger partial charge in [-0.1, -0.05) is 12.1 Å². The molecule has 1 aliphatic heterocycles. The van der Waals surface area contributed by atoms with E-state index in [1.54, 1.807) is 0 Å². The number of halogens is 2. The number of likely N-dealkylation sites (tertiary alicyclic amines) is 1. The molecule has 0 aliphatic carbocycles.